The molecule has 0 amide bonds. The van der Waals surface area contributed by atoms with Crippen LogP contribution in [-0.4, -0.2) is 19.8 Å². The minimum Gasteiger partial charge on any atom is -0.489 e. The summed E-state index contributed by atoms with van der Waals surface area (Å²) in [4.78, 5) is 0. The van der Waals surface area contributed by atoms with Crippen LogP contribution >= 0.6 is 0 Å². The first-order chi connectivity index (χ1) is 11.9. The molecular weight excluding hydrogens is 298 g/mol. The summed E-state index contributed by atoms with van der Waals surface area (Å²) < 4.78 is 11.5. The monoisotopic (exact) mass is 325 g/mol. The molecule has 1 atom stereocenters. The van der Waals surface area contributed by atoms with Crippen LogP contribution in [0.2, 0.25) is 0 Å². The Kier molecular flexibility index (Phi) is 6.27. The van der Waals surface area contributed by atoms with E-state index < -0.39 is 0 Å². The van der Waals surface area contributed by atoms with Crippen LogP contribution in [0.25, 0.3) is 0 Å². The van der Waals surface area contributed by atoms with Gasteiger partial charge < -0.3 is 14.8 Å². The lowest BCUT2D eigenvalue weighted by Crippen LogP contribution is -2.32. The van der Waals surface area contributed by atoms with Gasteiger partial charge in [-0.3, -0.25) is 0 Å². The third-order valence-corrected chi connectivity index (χ3v) is 4.63. The van der Waals surface area contributed by atoms with Crippen molar-refractivity contribution in [2.24, 2.45) is 5.92 Å². The van der Waals surface area contributed by atoms with E-state index in [-0.39, 0.29) is 0 Å². The fourth-order valence-electron chi connectivity index (χ4n) is 3.36. The minimum atomic E-state index is 0.374. The zero-order valence-corrected chi connectivity index (χ0v) is 14.4. The van der Waals surface area contributed by atoms with Crippen molar-refractivity contribution < 1.29 is 9.47 Å². The first-order valence-electron chi connectivity index (χ1n) is 8.94. The Bertz CT molecular complexity index is 608. The summed E-state index contributed by atoms with van der Waals surface area (Å²) in [6, 6.07) is 19.2. The molecule has 3 rings (SSSR count). The molecule has 1 fully saturated rings. The predicted molar refractivity (Wildman–Crippen MR) is 97.2 cm³/mol. The van der Waals surface area contributed by atoms with E-state index in [0.717, 1.165) is 38.3 Å². The number of hydrogen-bond donors (Lipinski definition) is 1. The van der Waals surface area contributed by atoms with Crippen molar-refractivity contribution in [1.82, 2.24) is 5.32 Å². The fraction of sp³-hybridized carbons (Fsp3) is 0.429. The first-order valence-corrected chi connectivity index (χ1v) is 8.94. The van der Waals surface area contributed by atoms with Gasteiger partial charge in [0.15, 0.2) is 0 Å². The lowest BCUT2D eigenvalue weighted by atomic mass is 9.87. The highest BCUT2D eigenvalue weighted by molar-refractivity contribution is 5.31. The lowest BCUT2D eigenvalue weighted by Gasteiger charge is -2.31. The average molecular weight is 325 g/mol. The summed E-state index contributed by atoms with van der Waals surface area (Å²) in [6.45, 7) is 5.49. The molecule has 24 heavy (non-hydrogen) atoms. The van der Waals surface area contributed by atoms with Crippen LogP contribution in [-0.2, 0) is 11.3 Å². The van der Waals surface area contributed by atoms with Crippen molar-refractivity contribution in [2.45, 2.75) is 32.4 Å². The molecule has 0 aliphatic carbocycles. The molecule has 3 nitrogen and oxygen atoms in total. The van der Waals surface area contributed by atoms with Gasteiger partial charge in [-0.05, 0) is 48.6 Å². The molecule has 1 unspecified atom stereocenters. The zero-order valence-electron chi connectivity index (χ0n) is 14.4. The van der Waals surface area contributed by atoms with E-state index in [9.17, 15) is 0 Å². The Labute approximate surface area is 145 Å². The van der Waals surface area contributed by atoms with Crippen LogP contribution in [0.15, 0.2) is 54.6 Å². The molecule has 1 N–H and O–H groups in total. The van der Waals surface area contributed by atoms with Crippen LogP contribution in [0, 0.1) is 5.92 Å². The molecule has 0 spiro atoms. The highest BCUT2D eigenvalue weighted by atomic mass is 16.5. The van der Waals surface area contributed by atoms with Gasteiger partial charge in [0, 0.05) is 19.3 Å². The van der Waals surface area contributed by atoms with Crippen molar-refractivity contribution in [2.75, 3.05) is 19.8 Å². The Hall–Kier alpha value is -1.84. The maximum atomic E-state index is 6.00. The molecule has 128 valence electrons. The second-order valence-corrected chi connectivity index (χ2v) is 6.33. The van der Waals surface area contributed by atoms with E-state index in [1.54, 1.807) is 0 Å². The van der Waals surface area contributed by atoms with Gasteiger partial charge in [0.2, 0.25) is 0 Å². The Morgan fingerprint density at radius 2 is 1.88 bits per heavy atom. The van der Waals surface area contributed by atoms with Crippen molar-refractivity contribution in [3.05, 3.63) is 65.7 Å². The summed E-state index contributed by atoms with van der Waals surface area (Å²) in [5.41, 5.74) is 2.50. The van der Waals surface area contributed by atoms with Gasteiger partial charge in [-0.1, -0.05) is 49.4 Å². The average Bonchev–Trinajstić information content (AvgIpc) is 2.66. The summed E-state index contributed by atoms with van der Waals surface area (Å²) >= 11 is 0. The summed E-state index contributed by atoms with van der Waals surface area (Å²) in [5.74, 6) is 1.56. The summed E-state index contributed by atoms with van der Waals surface area (Å²) in [6.07, 6.45) is 2.24. The standard InChI is InChI=1S/C21H27NO2/c1-2-22-21(18-11-13-23-14-12-18)19-9-6-10-20(15-19)24-16-17-7-4-3-5-8-17/h3-10,15,18,21-22H,2,11-14,16H2,1H3. The van der Waals surface area contributed by atoms with Crippen molar-refractivity contribution in [3.63, 3.8) is 0 Å². The Morgan fingerprint density at radius 1 is 1.08 bits per heavy atom. The van der Waals surface area contributed by atoms with Crippen LogP contribution in [0.4, 0.5) is 0 Å². The molecule has 1 saturated heterocycles. The van der Waals surface area contributed by atoms with E-state index in [4.69, 9.17) is 9.47 Å². The van der Waals surface area contributed by atoms with Crippen molar-refractivity contribution in [3.8, 4) is 5.75 Å². The fourth-order valence-corrected chi connectivity index (χ4v) is 3.36. The third kappa shape index (κ3) is 4.59. The molecule has 3 heteroatoms. The lowest BCUT2D eigenvalue weighted by molar-refractivity contribution is 0.0538. The van der Waals surface area contributed by atoms with Gasteiger partial charge in [-0.2, -0.15) is 0 Å². The first kappa shape index (κ1) is 17.0. The molecule has 0 bridgehead atoms. The van der Waals surface area contributed by atoms with Crippen LogP contribution < -0.4 is 10.1 Å². The molecule has 0 saturated carbocycles. The smallest absolute Gasteiger partial charge is 0.120 e. The second-order valence-electron chi connectivity index (χ2n) is 6.33. The summed E-state index contributed by atoms with van der Waals surface area (Å²) in [5, 5.41) is 3.66. The maximum Gasteiger partial charge on any atom is 0.120 e. The summed E-state index contributed by atoms with van der Waals surface area (Å²) in [7, 11) is 0. The molecule has 2 aromatic carbocycles. The number of benzene rings is 2. The van der Waals surface area contributed by atoms with Gasteiger partial charge in [-0.25, -0.2) is 0 Å². The molecule has 1 aliphatic rings. The van der Waals surface area contributed by atoms with Crippen LogP contribution in [0.3, 0.4) is 0 Å². The Morgan fingerprint density at radius 3 is 2.62 bits per heavy atom. The van der Waals surface area contributed by atoms with Gasteiger partial charge in [0.05, 0.1) is 0 Å². The normalized spacial score (nSPS) is 16.7. The molecular formula is C21H27NO2. The van der Waals surface area contributed by atoms with Crippen LogP contribution in [0.1, 0.15) is 36.9 Å². The predicted octanol–water partition coefficient (Wildman–Crippen LogP) is 4.34. The van der Waals surface area contributed by atoms with E-state index in [2.05, 4.69) is 42.6 Å². The van der Waals surface area contributed by atoms with Crippen molar-refractivity contribution >= 4 is 0 Å². The molecule has 2 aromatic rings. The van der Waals surface area contributed by atoms with Gasteiger partial charge in [0.25, 0.3) is 0 Å². The minimum absolute atomic E-state index is 0.374. The van der Waals surface area contributed by atoms with Crippen LogP contribution in [0.5, 0.6) is 5.75 Å². The number of rotatable bonds is 7. The van der Waals surface area contributed by atoms with Gasteiger partial charge in [-0.15, -0.1) is 0 Å². The van der Waals surface area contributed by atoms with E-state index in [1.807, 2.05) is 24.3 Å². The molecule has 0 aromatic heterocycles. The number of nitrogens with one attached hydrogen (secondary N) is 1. The van der Waals surface area contributed by atoms with Gasteiger partial charge in [0.1, 0.15) is 12.4 Å². The quantitative estimate of drug-likeness (QED) is 0.821. The zero-order chi connectivity index (χ0) is 16.6. The second kappa shape index (κ2) is 8.86. The Balaban J connectivity index is 1.69. The maximum absolute atomic E-state index is 6.00. The van der Waals surface area contributed by atoms with E-state index in [1.165, 1.54) is 11.1 Å². The SMILES string of the molecule is CCNC(c1cccc(OCc2ccccc2)c1)C1CCOCC1. The molecule has 0 radical (unpaired) electrons. The highest BCUT2D eigenvalue weighted by Gasteiger charge is 2.24. The van der Waals surface area contributed by atoms with Crippen molar-refractivity contribution in [1.29, 1.82) is 0 Å². The highest BCUT2D eigenvalue weighted by Crippen LogP contribution is 2.31. The molecule has 1 aliphatic heterocycles. The van der Waals surface area contributed by atoms with E-state index in [0.29, 0.717) is 18.6 Å². The van der Waals surface area contributed by atoms with Gasteiger partial charge >= 0.3 is 0 Å². The number of ether oxygens (including phenoxy) is 2. The largest absolute Gasteiger partial charge is 0.489 e. The molecule has 1 heterocycles. The third-order valence-electron chi connectivity index (χ3n) is 4.63. The number of hydrogen-bond acceptors (Lipinski definition) is 3. The topological polar surface area (TPSA) is 30.5 Å². The van der Waals surface area contributed by atoms with E-state index >= 15 is 0 Å².